The van der Waals surface area contributed by atoms with Gasteiger partial charge < -0.3 is 5.32 Å². The predicted octanol–water partition coefficient (Wildman–Crippen LogP) is 4.42. The second-order valence-corrected chi connectivity index (χ2v) is 7.18. The highest BCUT2D eigenvalue weighted by molar-refractivity contribution is 9.09. The van der Waals surface area contributed by atoms with Gasteiger partial charge in [0.05, 0.1) is 0 Å². The zero-order valence-electron chi connectivity index (χ0n) is 12.2. The Hall–Kier alpha value is -0.0500. The molecule has 2 saturated carbocycles. The fourth-order valence-corrected chi connectivity index (χ4v) is 4.17. The van der Waals surface area contributed by atoms with Gasteiger partial charge in [-0.15, -0.1) is 0 Å². The van der Waals surface area contributed by atoms with Crippen LogP contribution in [0.3, 0.4) is 0 Å². The van der Waals surface area contributed by atoms with Crippen molar-refractivity contribution in [3.8, 4) is 0 Å². The second kappa shape index (κ2) is 7.10. The summed E-state index contributed by atoms with van der Waals surface area (Å²) in [7, 11) is 0. The maximum atomic E-state index is 12.4. The van der Waals surface area contributed by atoms with Crippen molar-refractivity contribution in [3.63, 3.8) is 0 Å². The van der Waals surface area contributed by atoms with E-state index in [-0.39, 0.29) is 11.5 Å². The van der Waals surface area contributed by atoms with Gasteiger partial charge in [-0.25, -0.2) is 0 Å². The van der Waals surface area contributed by atoms with Gasteiger partial charge in [0.25, 0.3) is 0 Å². The molecular weight excluding hydrogens is 302 g/mol. The van der Waals surface area contributed by atoms with Crippen molar-refractivity contribution >= 4 is 21.8 Å². The molecule has 110 valence electrons. The molecule has 0 aromatic carbocycles. The van der Waals surface area contributed by atoms with Crippen LogP contribution in [-0.2, 0) is 4.79 Å². The smallest absolute Gasteiger partial charge is 0.223 e. The van der Waals surface area contributed by atoms with Gasteiger partial charge in [0.2, 0.25) is 5.91 Å². The minimum absolute atomic E-state index is 0.0934. The summed E-state index contributed by atoms with van der Waals surface area (Å²) in [5.74, 6) is 1.50. The number of rotatable bonds is 6. The summed E-state index contributed by atoms with van der Waals surface area (Å²) in [6.45, 7) is 2.26. The largest absolute Gasteiger partial charge is 0.350 e. The fraction of sp³-hybridized carbons (Fsp3) is 0.938. The zero-order valence-corrected chi connectivity index (χ0v) is 13.8. The first-order chi connectivity index (χ1) is 9.19. The van der Waals surface area contributed by atoms with E-state index in [1.807, 2.05) is 0 Å². The van der Waals surface area contributed by atoms with Crippen molar-refractivity contribution in [2.24, 2.45) is 11.8 Å². The average molecular weight is 330 g/mol. The van der Waals surface area contributed by atoms with E-state index in [0.29, 0.717) is 5.91 Å². The first-order valence-corrected chi connectivity index (χ1v) is 9.19. The number of carbonyl (C=O) groups is 1. The Morgan fingerprint density at radius 1 is 1.26 bits per heavy atom. The SMILES string of the molecule is CCCCC1CCC(C(=O)NC2(CBr)CCC2)CC1. The van der Waals surface area contributed by atoms with Gasteiger partial charge >= 0.3 is 0 Å². The first-order valence-electron chi connectivity index (χ1n) is 8.07. The monoisotopic (exact) mass is 329 g/mol. The van der Waals surface area contributed by atoms with E-state index in [1.54, 1.807) is 0 Å². The number of alkyl halides is 1. The van der Waals surface area contributed by atoms with Gasteiger partial charge in [-0.1, -0.05) is 42.1 Å². The van der Waals surface area contributed by atoms with Crippen molar-refractivity contribution < 1.29 is 4.79 Å². The van der Waals surface area contributed by atoms with E-state index >= 15 is 0 Å². The minimum Gasteiger partial charge on any atom is -0.350 e. The fourth-order valence-electron chi connectivity index (χ4n) is 3.47. The van der Waals surface area contributed by atoms with Gasteiger partial charge in [-0.3, -0.25) is 4.79 Å². The van der Waals surface area contributed by atoms with Crippen LogP contribution in [0.5, 0.6) is 0 Å². The number of unbranched alkanes of at least 4 members (excludes halogenated alkanes) is 1. The van der Waals surface area contributed by atoms with Crippen molar-refractivity contribution in [1.29, 1.82) is 0 Å². The normalized spacial score (nSPS) is 29.6. The van der Waals surface area contributed by atoms with Crippen LogP contribution >= 0.6 is 15.9 Å². The van der Waals surface area contributed by atoms with Gasteiger partial charge in [-0.2, -0.15) is 0 Å². The van der Waals surface area contributed by atoms with Gasteiger partial charge in [0.1, 0.15) is 0 Å². The number of nitrogens with one attached hydrogen (secondary N) is 1. The lowest BCUT2D eigenvalue weighted by Crippen LogP contribution is -2.56. The van der Waals surface area contributed by atoms with Crippen molar-refractivity contribution in [3.05, 3.63) is 0 Å². The lowest BCUT2D eigenvalue weighted by molar-refractivity contribution is -0.129. The molecule has 1 amide bonds. The molecule has 2 aliphatic carbocycles. The summed E-state index contributed by atoms with van der Waals surface area (Å²) in [6.07, 6.45) is 12.3. The standard InChI is InChI=1S/C16H28BrNO/c1-2-3-5-13-6-8-14(9-7-13)15(19)18-16(12-17)10-4-11-16/h13-14H,2-12H2,1H3,(H,18,19). The molecule has 0 spiro atoms. The predicted molar refractivity (Wildman–Crippen MR) is 83.5 cm³/mol. The summed E-state index contributed by atoms with van der Waals surface area (Å²) < 4.78 is 0. The Balaban J connectivity index is 1.73. The molecule has 0 aliphatic heterocycles. The van der Waals surface area contributed by atoms with Crippen LogP contribution in [0.2, 0.25) is 0 Å². The van der Waals surface area contributed by atoms with Gasteiger partial charge in [0, 0.05) is 16.8 Å². The molecule has 0 aromatic rings. The van der Waals surface area contributed by atoms with E-state index < -0.39 is 0 Å². The van der Waals surface area contributed by atoms with Crippen molar-refractivity contribution in [2.45, 2.75) is 76.7 Å². The third-order valence-corrected chi connectivity index (χ3v) is 6.21. The molecule has 0 unspecified atom stereocenters. The first kappa shape index (κ1) is 15.3. The van der Waals surface area contributed by atoms with Crippen LogP contribution in [0.1, 0.15) is 71.1 Å². The third kappa shape index (κ3) is 3.96. The van der Waals surface area contributed by atoms with E-state index in [2.05, 4.69) is 28.2 Å². The molecule has 19 heavy (non-hydrogen) atoms. The lowest BCUT2D eigenvalue weighted by atomic mass is 9.76. The number of halogens is 1. The number of hydrogen-bond donors (Lipinski definition) is 1. The average Bonchev–Trinajstić information content (AvgIpc) is 2.41. The molecule has 2 rings (SSSR count). The van der Waals surface area contributed by atoms with Crippen LogP contribution < -0.4 is 5.32 Å². The van der Waals surface area contributed by atoms with E-state index in [1.165, 1.54) is 38.5 Å². The quantitative estimate of drug-likeness (QED) is 0.718. The van der Waals surface area contributed by atoms with Gasteiger partial charge in [-0.05, 0) is 50.9 Å². The van der Waals surface area contributed by atoms with Crippen LogP contribution in [0, 0.1) is 11.8 Å². The molecule has 0 bridgehead atoms. The van der Waals surface area contributed by atoms with E-state index in [4.69, 9.17) is 0 Å². The highest BCUT2D eigenvalue weighted by atomic mass is 79.9. The number of carbonyl (C=O) groups excluding carboxylic acids is 1. The minimum atomic E-state index is 0.0934. The van der Waals surface area contributed by atoms with Crippen LogP contribution in [0.4, 0.5) is 0 Å². The molecule has 0 aromatic heterocycles. The van der Waals surface area contributed by atoms with E-state index in [0.717, 1.165) is 36.9 Å². The maximum absolute atomic E-state index is 12.4. The van der Waals surface area contributed by atoms with Crippen molar-refractivity contribution in [2.75, 3.05) is 5.33 Å². The molecule has 2 fully saturated rings. The lowest BCUT2D eigenvalue weighted by Gasteiger charge is -2.42. The van der Waals surface area contributed by atoms with Crippen molar-refractivity contribution in [1.82, 2.24) is 5.32 Å². The Bertz CT molecular complexity index is 288. The number of amides is 1. The Labute approximate surface area is 126 Å². The third-order valence-electron chi connectivity index (χ3n) is 5.14. The molecule has 2 aliphatic rings. The molecule has 1 N–H and O–H groups in total. The number of hydrogen-bond acceptors (Lipinski definition) is 1. The molecule has 2 nitrogen and oxygen atoms in total. The van der Waals surface area contributed by atoms with E-state index in [9.17, 15) is 4.79 Å². The molecule has 0 atom stereocenters. The zero-order chi connectivity index (χ0) is 13.7. The Morgan fingerprint density at radius 2 is 1.95 bits per heavy atom. The summed E-state index contributed by atoms with van der Waals surface area (Å²) in [4.78, 5) is 12.4. The van der Waals surface area contributed by atoms with Crippen LogP contribution in [-0.4, -0.2) is 16.8 Å². The summed E-state index contributed by atoms with van der Waals surface area (Å²) in [5, 5.41) is 4.24. The second-order valence-electron chi connectivity index (χ2n) is 6.62. The molecule has 0 radical (unpaired) electrons. The highest BCUT2D eigenvalue weighted by Crippen LogP contribution is 2.36. The Kier molecular flexibility index (Phi) is 5.73. The van der Waals surface area contributed by atoms with Crippen LogP contribution in [0.15, 0.2) is 0 Å². The topological polar surface area (TPSA) is 29.1 Å². The summed E-state index contributed by atoms with van der Waals surface area (Å²) in [6, 6.07) is 0. The maximum Gasteiger partial charge on any atom is 0.223 e. The molecule has 0 heterocycles. The molecular formula is C16H28BrNO. The van der Waals surface area contributed by atoms with Crippen LogP contribution in [0.25, 0.3) is 0 Å². The Morgan fingerprint density at radius 3 is 2.42 bits per heavy atom. The molecule has 3 heteroatoms. The van der Waals surface area contributed by atoms with Gasteiger partial charge in [0.15, 0.2) is 0 Å². The summed E-state index contributed by atoms with van der Waals surface area (Å²) in [5.41, 5.74) is 0.0934. The summed E-state index contributed by atoms with van der Waals surface area (Å²) >= 11 is 3.56. The molecule has 0 saturated heterocycles. The highest BCUT2D eigenvalue weighted by Gasteiger charge is 2.39.